The van der Waals surface area contributed by atoms with Crippen LogP contribution in [0.1, 0.15) is 38.9 Å². The third kappa shape index (κ3) is 3.51. The molecule has 0 aliphatic heterocycles. The van der Waals surface area contributed by atoms with Crippen molar-refractivity contribution in [2.24, 2.45) is 11.1 Å². The van der Waals surface area contributed by atoms with Gasteiger partial charge >= 0.3 is 0 Å². The molecule has 1 aliphatic rings. The lowest BCUT2D eigenvalue weighted by atomic mass is 9.54. The summed E-state index contributed by atoms with van der Waals surface area (Å²) in [6, 6.07) is 5.14. The molecule has 3 atom stereocenters. The van der Waals surface area contributed by atoms with Crippen LogP contribution in [0.2, 0.25) is 0 Å². The summed E-state index contributed by atoms with van der Waals surface area (Å²) >= 11 is 0. The fraction of sp³-hybridized carbons (Fsp3) is 0.632. The fourth-order valence-electron chi connectivity index (χ4n) is 3.38. The molecule has 0 bridgehead atoms. The molecule has 26 heavy (non-hydrogen) atoms. The summed E-state index contributed by atoms with van der Waals surface area (Å²) in [4.78, 5) is 12.7. The Morgan fingerprint density at radius 3 is 2.62 bits per heavy atom. The van der Waals surface area contributed by atoms with Crippen LogP contribution in [0.15, 0.2) is 18.2 Å². The van der Waals surface area contributed by atoms with Crippen LogP contribution in [0.4, 0.5) is 0 Å². The Bertz CT molecular complexity index is 649. The van der Waals surface area contributed by atoms with E-state index in [0.29, 0.717) is 30.1 Å². The lowest BCUT2D eigenvalue weighted by Gasteiger charge is -2.57. The molecule has 1 saturated carbocycles. The fourth-order valence-corrected chi connectivity index (χ4v) is 3.38. The topological polar surface area (TPSA) is 103 Å². The second kappa shape index (κ2) is 7.82. The van der Waals surface area contributed by atoms with Crippen LogP contribution in [-0.2, 0) is 9.53 Å². The van der Waals surface area contributed by atoms with Gasteiger partial charge in [0.25, 0.3) is 0 Å². The molecule has 0 aromatic heterocycles. The van der Waals surface area contributed by atoms with E-state index >= 15 is 0 Å². The Balaban J connectivity index is 2.04. The number of aliphatic hydroxyl groups excluding tert-OH is 1. The molecular weight excluding hydrogens is 336 g/mol. The molecule has 0 spiro atoms. The highest BCUT2D eigenvalue weighted by molar-refractivity contribution is 5.88. The molecule has 0 heterocycles. The highest BCUT2D eigenvalue weighted by Crippen LogP contribution is 2.49. The summed E-state index contributed by atoms with van der Waals surface area (Å²) in [6.07, 6.45) is -0.539. The van der Waals surface area contributed by atoms with Crippen molar-refractivity contribution in [3.8, 4) is 11.5 Å². The molecule has 3 unspecified atom stereocenters. The third-order valence-electron chi connectivity index (χ3n) is 5.49. The Hall–Kier alpha value is -1.83. The lowest BCUT2D eigenvalue weighted by Crippen LogP contribution is -2.75. The van der Waals surface area contributed by atoms with Crippen molar-refractivity contribution >= 4 is 5.91 Å². The first-order chi connectivity index (χ1) is 12.2. The van der Waals surface area contributed by atoms with E-state index in [1.165, 1.54) is 7.11 Å². The zero-order valence-corrected chi connectivity index (χ0v) is 16.2. The zero-order chi connectivity index (χ0) is 19.5. The van der Waals surface area contributed by atoms with Crippen LogP contribution in [0.5, 0.6) is 11.5 Å². The Morgan fingerprint density at radius 1 is 1.38 bits per heavy atom. The molecule has 2 rings (SSSR count). The second-order valence-electron chi connectivity index (χ2n) is 7.17. The normalized spacial score (nSPS) is 25.1. The van der Waals surface area contributed by atoms with Gasteiger partial charge in [-0.15, -0.1) is 0 Å². The van der Waals surface area contributed by atoms with Crippen molar-refractivity contribution < 1.29 is 24.1 Å². The van der Waals surface area contributed by atoms with E-state index in [4.69, 9.17) is 19.9 Å². The van der Waals surface area contributed by atoms with Gasteiger partial charge in [0, 0.05) is 30.6 Å². The van der Waals surface area contributed by atoms with E-state index in [1.807, 2.05) is 20.8 Å². The van der Waals surface area contributed by atoms with E-state index in [9.17, 15) is 9.90 Å². The van der Waals surface area contributed by atoms with Crippen molar-refractivity contribution in [3.05, 3.63) is 23.8 Å². The summed E-state index contributed by atoms with van der Waals surface area (Å²) in [5.41, 5.74) is 5.39. The highest BCUT2D eigenvalue weighted by Gasteiger charge is 2.62. The standard InChI is InChI=1S/C19H30N2O5/c1-6-26-16-10-19(20,18(16,2)3)17(23)21-11-14(22)13-9-12(24-4)7-8-15(13)25-5/h7-9,14,16,22H,6,10-11,20H2,1-5H3,(H,21,23). The molecule has 1 aromatic carbocycles. The first-order valence-electron chi connectivity index (χ1n) is 8.80. The number of amides is 1. The van der Waals surface area contributed by atoms with Gasteiger partial charge in [-0.05, 0) is 25.1 Å². The van der Waals surface area contributed by atoms with Crippen LogP contribution < -0.4 is 20.5 Å². The predicted octanol–water partition coefficient (Wildman–Crippen LogP) is 1.39. The molecule has 7 heteroatoms. The Labute approximate surface area is 154 Å². The summed E-state index contributed by atoms with van der Waals surface area (Å²) < 4.78 is 16.1. The number of nitrogens with two attached hydrogens (primary N) is 1. The lowest BCUT2D eigenvalue weighted by molar-refractivity contribution is -0.170. The predicted molar refractivity (Wildman–Crippen MR) is 98.2 cm³/mol. The summed E-state index contributed by atoms with van der Waals surface area (Å²) in [5, 5.41) is 13.3. The first kappa shape index (κ1) is 20.5. The minimum atomic E-state index is -1.02. The number of hydrogen-bond acceptors (Lipinski definition) is 6. The van der Waals surface area contributed by atoms with Crippen molar-refractivity contribution in [2.75, 3.05) is 27.4 Å². The summed E-state index contributed by atoms with van der Waals surface area (Å²) in [6.45, 7) is 6.39. The number of benzene rings is 1. The Kier molecular flexibility index (Phi) is 6.16. The molecule has 1 aliphatic carbocycles. The van der Waals surface area contributed by atoms with E-state index in [2.05, 4.69) is 5.32 Å². The molecule has 0 radical (unpaired) electrons. The summed E-state index contributed by atoms with van der Waals surface area (Å²) in [5.74, 6) is 0.830. The number of rotatable bonds is 8. The zero-order valence-electron chi connectivity index (χ0n) is 16.2. The smallest absolute Gasteiger partial charge is 0.240 e. The first-order valence-corrected chi connectivity index (χ1v) is 8.80. The minimum absolute atomic E-state index is 0.0245. The molecular formula is C19H30N2O5. The average Bonchev–Trinajstić information content (AvgIpc) is 2.64. The average molecular weight is 366 g/mol. The molecule has 0 saturated heterocycles. The number of carbonyl (C=O) groups is 1. The maximum Gasteiger partial charge on any atom is 0.240 e. The number of nitrogens with one attached hydrogen (secondary N) is 1. The van der Waals surface area contributed by atoms with Gasteiger partial charge < -0.3 is 30.4 Å². The summed E-state index contributed by atoms with van der Waals surface area (Å²) in [7, 11) is 3.07. The van der Waals surface area contributed by atoms with E-state index in [-0.39, 0.29) is 18.6 Å². The number of hydrogen-bond donors (Lipinski definition) is 3. The number of methoxy groups -OCH3 is 2. The maximum absolute atomic E-state index is 12.7. The van der Waals surface area contributed by atoms with Gasteiger partial charge in [0.1, 0.15) is 17.0 Å². The molecule has 1 aromatic rings. The highest BCUT2D eigenvalue weighted by atomic mass is 16.5. The van der Waals surface area contributed by atoms with Crippen molar-refractivity contribution in [3.63, 3.8) is 0 Å². The molecule has 1 amide bonds. The number of carbonyl (C=O) groups excluding carboxylic acids is 1. The van der Waals surface area contributed by atoms with Gasteiger partial charge in [0.15, 0.2) is 0 Å². The van der Waals surface area contributed by atoms with Gasteiger partial charge in [0.2, 0.25) is 5.91 Å². The van der Waals surface area contributed by atoms with Gasteiger partial charge in [0.05, 0.1) is 26.4 Å². The monoisotopic (exact) mass is 366 g/mol. The number of aliphatic hydroxyl groups is 1. The molecule has 146 valence electrons. The van der Waals surface area contributed by atoms with Gasteiger partial charge in [-0.2, -0.15) is 0 Å². The van der Waals surface area contributed by atoms with Gasteiger partial charge in [-0.25, -0.2) is 0 Å². The van der Waals surface area contributed by atoms with Crippen LogP contribution in [0.3, 0.4) is 0 Å². The molecule has 1 fully saturated rings. The SMILES string of the molecule is CCOC1CC(N)(C(=O)NCC(O)c2cc(OC)ccc2OC)C1(C)C. The van der Waals surface area contributed by atoms with Crippen LogP contribution in [-0.4, -0.2) is 50.0 Å². The van der Waals surface area contributed by atoms with Crippen molar-refractivity contribution in [1.82, 2.24) is 5.32 Å². The van der Waals surface area contributed by atoms with Crippen LogP contribution >= 0.6 is 0 Å². The maximum atomic E-state index is 12.7. The third-order valence-corrected chi connectivity index (χ3v) is 5.49. The molecule has 4 N–H and O–H groups in total. The van der Waals surface area contributed by atoms with Gasteiger partial charge in [-0.3, -0.25) is 4.79 Å². The van der Waals surface area contributed by atoms with Crippen molar-refractivity contribution in [2.45, 2.75) is 44.9 Å². The Morgan fingerprint density at radius 2 is 2.08 bits per heavy atom. The van der Waals surface area contributed by atoms with E-state index in [0.717, 1.165) is 0 Å². The second-order valence-corrected chi connectivity index (χ2v) is 7.17. The van der Waals surface area contributed by atoms with Gasteiger partial charge in [-0.1, -0.05) is 13.8 Å². The van der Waals surface area contributed by atoms with Crippen molar-refractivity contribution in [1.29, 1.82) is 0 Å². The van der Waals surface area contributed by atoms with Crippen LogP contribution in [0.25, 0.3) is 0 Å². The van der Waals surface area contributed by atoms with Crippen LogP contribution in [0, 0.1) is 5.41 Å². The minimum Gasteiger partial charge on any atom is -0.497 e. The van der Waals surface area contributed by atoms with E-state index < -0.39 is 17.1 Å². The molecule has 7 nitrogen and oxygen atoms in total. The number of ether oxygens (including phenoxy) is 3. The quantitative estimate of drug-likeness (QED) is 0.642. The largest absolute Gasteiger partial charge is 0.497 e. The van der Waals surface area contributed by atoms with E-state index in [1.54, 1.807) is 25.3 Å².